The molecule has 1 aromatic heterocycles. The third-order valence-corrected chi connectivity index (χ3v) is 17.9. The minimum atomic E-state index is -0.401. The lowest BCUT2D eigenvalue weighted by Crippen LogP contribution is -2.25. The maximum Gasteiger partial charge on any atom is 0.0725 e. The molecule has 13 aromatic rings. The van der Waals surface area contributed by atoms with E-state index in [1.165, 1.54) is 128 Å². The molecule has 2 spiro atoms. The molecule has 356 valence electrons. The number of hydrogen-bond acceptors (Lipinski definition) is 0. The first kappa shape index (κ1) is 42.5. The van der Waals surface area contributed by atoms with Crippen LogP contribution in [0, 0.1) is 0 Å². The van der Waals surface area contributed by atoms with Crippen molar-refractivity contribution in [3.8, 4) is 95.0 Å². The quantitative estimate of drug-likeness (QED) is 0.162. The van der Waals surface area contributed by atoms with Gasteiger partial charge in [-0.3, -0.25) is 0 Å². The largest absolute Gasteiger partial charge is 0.309 e. The third kappa shape index (κ3) is 5.57. The van der Waals surface area contributed by atoms with Crippen LogP contribution in [0.1, 0.15) is 44.5 Å². The molecule has 1 heteroatoms. The van der Waals surface area contributed by atoms with E-state index in [0.717, 1.165) is 22.6 Å². The van der Waals surface area contributed by atoms with E-state index in [9.17, 15) is 0 Å². The molecule has 1 heterocycles. The minimum Gasteiger partial charge on any atom is -0.309 e. The van der Waals surface area contributed by atoms with Crippen LogP contribution in [0.5, 0.6) is 0 Å². The molecule has 0 saturated carbocycles. The maximum absolute atomic E-state index is 2.51. The van der Waals surface area contributed by atoms with Crippen molar-refractivity contribution in [2.45, 2.75) is 10.8 Å². The van der Waals surface area contributed by atoms with E-state index in [1.807, 2.05) is 0 Å². The number of aromatic nitrogens is 1. The maximum atomic E-state index is 2.51. The van der Waals surface area contributed by atoms with Crippen molar-refractivity contribution >= 4 is 10.8 Å². The molecule has 4 aliphatic rings. The SMILES string of the molecule is c1ccc(-n2c(-c3ccc(-c4ccc5c(c4)C4(c6ccccc6-c6ccccc64)c4ccccc4-5)cc3)ccc2-c2ccc(-c3ccc4c(c3)C3(c5ccccc5-c5ccccc53)c3ccccc3-4)c3ccccc23)cc1. The lowest BCUT2D eigenvalue weighted by molar-refractivity contribution is 0.794. The average Bonchev–Trinajstić information content (AvgIpc) is 3.87. The van der Waals surface area contributed by atoms with Crippen LogP contribution in [0.25, 0.3) is 106 Å². The highest BCUT2D eigenvalue weighted by atomic mass is 15.0. The topological polar surface area (TPSA) is 4.93 Å². The second-order valence-corrected chi connectivity index (χ2v) is 21.4. The summed E-state index contributed by atoms with van der Waals surface area (Å²) in [4.78, 5) is 0. The summed E-state index contributed by atoms with van der Waals surface area (Å²) in [6, 6.07) is 107. The van der Waals surface area contributed by atoms with Gasteiger partial charge in [0.15, 0.2) is 0 Å². The van der Waals surface area contributed by atoms with Gasteiger partial charge in [0, 0.05) is 11.3 Å². The lowest BCUT2D eigenvalue weighted by atomic mass is 9.70. The van der Waals surface area contributed by atoms with Crippen molar-refractivity contribution in [1.29, 1.82) is 0 Å². The highest BCUT2D eigenvalue weighted by molar-refractivity contribution is 6.06. The van der Waals surface area contributed by atoms with Crippen molar-refractivity contribution in [2.75, 3.05) is 0 Å². The molecule has 0 fully saturated rings. The molecule has 4 aliphatic carbocycles. The van der Waals surface area contributed by atoms with Gasteiger partial charge >= 0.3 is 0 Å². The first-order valence-corrected chi connectivity index (χ1v) is 27.0. The summed E-state index contributed by atoms with van der Waals surface area (Å²) in [6.45, 7) is 0. The first-order valence-electron chi connectivity index (χ1n) is 27.0. The summed E-state index contributed by atoms with van der Waals surface area (Å²) >= 11 is 0. The Kier molecular flexibility index (Phi) is 8.75. The van der Waals surface area contributed by atoms with Gasteiger partial charge in [0.05, 0.1) is 22.2 Å². The van der Waals surface area contributed by atoms with Crippen molar-refractivity contribution in [3.05, 3.63) is 330 Å². The molecular formula is C76H47N. The Balaban J connectivity index is 0.780. The zero-order valence-corrected chi connectivity index (χ0v) is 42.1. The smallest absolute Gasteiger partial charge is 0.0725 e. The van der Waals surface area contributed by atoms with Gasteiger partial charge in [-0.15, -0.1) is 0 Å². The predicted octanol–water partition coefficient (Wildman–Crippen LogP) is 19.0. The summed E-state index contributed by atoms with van der Waals surface area (Å²) < 4.78 is 2.45. The van der Waals surface area contributed by atoms with Crippen LogP contribution >= 0.6 is 0 Å². The number of para-hydroxylation sites is 1. The first-order chi connectivity index (χ1) is 38.2. The van der Waals surface area contributed by atoms with E-state index < -0.39 is 5.41 Å². The molecule has 17 rings (SSSR count). The number of hydrogen-bond donors (Lipinski definition) is 0. The van der Waals surface area contributed by atoms with Crippen LogP contribution in [0.15, 0.2) is 285 Å². The summed E-state index contributed by atoms with van der Waals surface area (Å²) in [5, 5.41) is 2.46. The zero-order chi connectivity index (χ0) is 50.4. The average molecular weight is 974 g/mol. The second-order valence-electron chi connectivity index (χ2n) is 21.4. The van der Waals surface area contributed by atoms with Crippen LogP contribution in [0.2, 0.25) is 0 Å². The van der Waals surface area contributed by atoms with E-state index in [-0.39, 0.29) is 5.41 Å². The Morgan fingerprint density at radius 2 is 0.519 bits per heavy atom. The van der Waals surface area contributed by atoms with E-state index in [1.54, 1.807) is 0 Å². The van der Waals surface area contributed by atoms with Crippen LogP contribution in [-0.4, -0.2) is 4.57 Å². The van der Waals surface area contributed by atoms with Crippen LogP contribution in [0.3, 0.4) is 0 Å². The Morgan fingerprint density at radius 3 is 1.00 bits per heavy atom. The van der Waals surface area contributed by atoms with Gasteiger partial charge in [0.25, 0.3) is 0 Å². The fraction of sp³-hybridized carbons (Fsp3) is 0.0263. The number of nitrogens with zero attached hydrogens (tertiary/aromatic N) is 1. The van der Waals surface area contributed by atoms with Gasteiger partial charge in [-0.1, -0.05) is 249 Å². The summed E-state index contributed by atoms with van der Waals surface area (Å²) in [5.41, 5.74) is 31.3. The van der Waals surface area contributed by atoms with Crippen molar-refractivity contribution < 1.29 is 0 Å². The molecule has 0 bridgehead atoms. The number of benzene rings is 12. The van der Waals surface area contributed by atoms with Crippen LogP contribution in [0.4, 0.5) is 0 Å². The van der Waals surface area contributed by atoms with Gasteiger partial charge in [-0.25, -0.2) is 0 Å². The third-order valence-electron chi connectivity index (χ3n) is 17.9. The molecule has 0 radical (unpaired) electrons. The molecule has 0 unspecified atom stereocenters. The van der Waals surface area contributed by atoms with Gasteiger partial charge in [0.1, 0.15) is 0 Å². The van der Waals surface area contributed by atoms with Crippen molar-refractivity contribution in [3.63, 3.8) is 0 Å². The lowest BCUT2D eigenvalue weighted by Gasteiger charge is -2.30. The molecule has 0 atom stereocenters. The predicted molar refractivity (Wildman–Crippen MR) is 318 cm³/mol. The van der Waals surface area contributed by atoms with Gasteiger partial charge < -0.3 is 4.57 Å². The second kappa shape index (κ2) is 15.9. The molecule has 77 heavy (non-hydrogen) atoms. The molecular weight excluding hydrogens is 927 g/mol. The summed E-state index contributed by atoms with van der Waals surface area (Å²) in [6.07, 6.45) is 0. The normalized spacial score (nSPS) is 13.9. The number of rotatable bonds is 5. The van der Waals surface area contributed by atoms with Crippen molar-refractivity contribution in [1.82, 2.24) is 4.57 Å². The van der Waals surface area contributed by atoms with E-state index in [4.69, 9.17) is 0 Å². The Bertz CT molecular complexity index is 4500. The number of fused-ring (bicyclic) bond motifs is 21. The Hall–Kier alpha value is -9.82. The highest BCUT2D eigenvalue weighted by Gasteiger charge is 2.53. The fourth-order valence-electron chi connectivity index (χ4n) is 14.9. The van der Waals surface area contributed by atoms with Crippen LogP contribution in [-0.2, 0) is 10.8 Å². The summed E-state index contributed by atoms with van der Waals surface area (Å²) in [7, 11) is 0. The standard InChI is InChI=1S/C76H47N/c1-2-18-52(19-3-1)77-73(49-36-34-48(35-37-49)50-38-40-62-60-26-10-16-32-69(60)75(71(62)46-50)65-28-12-6-22-56(65)57-23-7-13-29-66(57)75)44-45-74(77)64-43-42-53(54-20-4-5-21-55(54)64)51-39-41-63-61-27-11-17-33-70(61)76(72(63)47-51)67-30-14-8-24-58(67)59-25-9-15-31-68(59)76/h1-47H. The Morgan fingerprint density at radius 1 is 0.195 bits per heavy atom. The van der Waals surface area contributed by atoms with E-state index in [0.29, 0.717) is 0 Å². The molecule has 12 aromatic carbocycles. The molecule has 0 N–H and O–H groups in total. The molecule has 0 amide bonds. The molecule has 0 aliphatic heterocycles. The summed E-state index contributed by atoms with van der Waals surface area (Å²) in [5.74, 6) is 0. The molecule has 0 saturated heterocycles. The monoisotopic (exact) mass is 973 g/mol. The fourth-order valence-corrected chi connectivity index (χ4v) is 14.9. The van der Waals surface area contributed by atoms with E-state index >= 15 is 0 Å². The van der Waals surface area contributed by atoms with Gasteiger partial charge in [-0.05, 0) is 164 Å². The minimum absolute atomic E-state index is 0.379. The Labute approximate surface area is 448 Å². The molecule has 1 nitrogen and oxygen atoms in total. The zero-order valence-electron chi connectivity index (χ0n) is 42.1. The van der Waals surface area contributed by atoms with Crippen molar-refractivity contribution in [2.24, 2.45) is 0 Å². The highest BCUT2D eigenvalue weighted by Crippen LogP contribution is 2.65. The van der Waals surface area contributed by atoms with Gasteiger partial charge in [-0.2, -0.15) is 0 Å². The van der Waals surface area contributed by atoms with Gasteiger partial charge in [0.2, 0.25) is 0 Å². The van der Waals surface area contributed by atoms with Crippen LogP contribution < -0.4 is 0 Å². The van der Waals surface area contributed by atoms with E-state index in [2.05, 4.69) is 290 Å².